The van der Waals surface area contributed by atoms with Crippen LogP contribution in [0.3, 0.4) is 0 Å². The van der Waals surface area contributed by atoms with Crippen molar-refractivity contribution in [1.82, 2.24) is 0 Å². The van der Waals surface area contributed by atoms with Crippen LogP contribution in [0.1, 0.15) is 26.3 Å². The highest BCUT2D eigenvalue weighted by Gasteiger charge is 2.11. The van der Waals surface area contributed by atoms with E-state index in [-0.39, 0.29) is 5.56 Å². The third-order valence-corrected chi connectivity index (χ3v) is 3.01. The second-order valence-corrected chi connectivity index (χ2v) is 4.45. The van der Waals surface area contributed by atoms with Crippen molar-refractivity contribution in [2.75, 3.05) is 7.11 Å². The largest absolute Gasteiger partial charge is 0.465 e. The lowest BCUT2D eigenvalue weighted by atomic mass is 10.1. The molecule has 5 nitrogen and oxygen atoms in total. The zero-order valence-electron chi connectivity index (χ0n) is 12.0. The van der Waals surface area contributed by atoms with Crippen molar-refractivity contribution in [3.63, 3.8) is 0 Å². The van der Waals surface area contributed by atoms with Gasteiger partial charge in [0.05, 0.1) is 18.2 Å². The number of carbonyl (C=O) groups is 2. The topological polar surface area (TPSA) is 78.6 Å². The van der Waals surface area contributed by atoms with Crippen molar-refractivity contribution in [3.05, 3.63) is 71.8 Å². The van der Waals surface area contributed by atoms with Gasteiger partial charge in [0, 0.05) is 5.56 Å². The van der Waals surface area contributed by atoms with Crippen molar-refractivity contribution in [1.29, 1.82) is 0 Å². The fraction of sp³-hybridized carbons (Fsp3) is 0.0588. The van der Waals surface area contributed by atoms with Gasteiger partial charge in [0.1, 0.15) is 11.5 Å². The number of esters is 1. The molecule has 0 unspecified atom stereocenters. The first kappa shape index (κ1) is 15.3. The number of hydrogen-bond donors (Lipinski definition) is 1. The van der Waals surface area contributed by atoms with Gasteiger partial charge in [-0.15, -0.1) is 0 Å². The zero-order chi connectivity index (χ0) is 16.1. The van der Waals surface area contributed by atoms with Crippen molar-refractivity contribution in [2.45, 2.75) is 0 Å². The van der Waals surface area contributed by atoms with Crippen LogP contribution < -0.4 is 10.5 Å². The molecular formula is C17H15NO4. The Morgan fingerprint density at radius 3 is 2.18 bits per heavy atom. The Labute approximate surface area is 128 Å². The average molecular weight is 297 g/mol. The lowest BCUT2D eigenvalue weighted by Crippen LogP contribution is -2.12. The van der Waals surface area contributed by atoms with E-state index < -0.39 is 11.9 Å². The second-order valence-electron chi connectivity index (χ2n) is 4.45. The minimum Gasteiger partial charge on any atom is -0.465 e. The van der Waals surface area contributed by atoms with Gasteiger partial charge in [0.25, 0.3) is 5.91 Å². The molecule has 0 heterocycles. The highest BCUT2D eigenvalue weighted by molar-refractivity contribution is 5.96. The van der Waals surface area contributed by atoms with Gasteiger partial charge in [-0.3, -0.25) is 4.79 Å². The Morgan fingerprint density at radius 2 is 1.59 bits per heavy atom. The summed E-state index contributed by atoms with van der Waals surface area (Å²) in [6, 6.07) is 13.2. The molecule has 2 rings (SSSR count). The minimum absolute atomic E-state index is 0.273. The molecule has 22 heavy (non-hydrogen) atoms. The number of amides is 1. The van der Waals surface area contributed by atoms with E-state index in [2.05, 4.69) is 11.3 Å². The third kappa shape index (κ3) is 3.32. The number of benzene rings is 2. The van der Waals surface area contributed by atoms with Gasteiger partial charge < -0.3 is 15.2 Å². The Kier molecular flexibility index (Phi) is 4.58. The van der Waals surface area contributed by atoms with Gasteiger partial charge in [-0.2, -0.15) is 0 Å². The molecule has 112 valence electrons. The van der Waals surface area contributed by atoms with Gasteiger partial charge in [-0.05, 0) is 24.3 Å². The molecule has 0 bridgehead atoms. The van der Waals surface area contributed by atoms with E-state index in [1.807, 2.05) is 0 Å². The van der Waals surface area contributed by atoms with Crippen LogP contribution in [-0.4, -0.2) is 19.0 Å². The number of methoxy groups -OCH3 is 1. The molecule has 0 aromatic heterocycles. The lowest BCUT2D eigenvalue weighted by molar-refractivity contribution is 0.0600. The van der Waals surface area contributed by atoms with E-state index in [4.69, 9.17) is 10.5 Å². The van der Waals surface area contributed by atoms with E-state index in [9.17, 15) is 9.59 Å². The van der Waals surface area contributed by atoms with Crippen LogP contribution in [0.4, 0.5) is 0 Å². The maximum Gasteiger partial charge on any atom is 0.337 e. The summed E-state index contributed by atoms with van der Waals surface area (Å²) >= 11 is 0. The smallest absolute Gasteiger partial charge is 0.337 e. The molecule has 2 aromatic carbocycles. The molecular weight excluding hydrogens is 282 g/mol. The first-order valence-corrected chi connectivity index (χ1v) is 6.47. The van der Waals surface area contributed by atoms with Crippen LogP contribution in [0.25, 0.3) is 5.76 Å². The van der Waals surface area contributed by atoms with Crippen LogP contribution in [-0.2, 0) is 4.74 Å². The first-order valence-electron chi connectivity index (χ1n) is 6.47. The summed E-state index contributed by atoms with van der Waals surface area (Å²) in [6.07, 6.45) is 0. The Morgan fingerprint density at radius 1 is 1.00 bits per heavy atom. The van der Waals surface area contributed by atoms with Crippen LogP contribution >= 0.6 is 0 Å². The van der Waals surface area contributed by atoms with Crippen molar-refractivity contribution >= 4 is 17.6 Å². The molecule has 0 aliphatic rings. The van der Waals surface area contributed by atoms with Gasteiger partial charge >= 0.3 is 5.97 Å². The van der Waals surface area contributed by atoms with E-state index in [1.165, 1.54) is 7.11 Å². The number of nitrogens with two attached hydrogens (primary N) is 1. The van der Waals surface area contributed by atoms with E-state index in [0.29, 0.717) is 22.6 Å². The Hall–Kier alpha value is -3.08. The predicted octanol–water partition coefficient (Wildman–Crippen LogP) is 2.62. The molecule has 0 saturated heterocycles. The van der Waals surface area contributed by atoms with Crippen molar-refractivity contribution in [2.24, 2.45) is 5.73 Å². The van der Waals surface area contributed by atoms with E-state index in [0.717, 1.165) is 0 Å². The predicted molar refractivity (Wildman–Crippen MR) is 82.4 cm³/mol. The fourth-order valence-corrected chi connectivity index (χ4v) is 1.86. The third-order valence-electron chi connectivity index (χ3n) is 3.01. The molecule has 2 N–H and O–H groups in total. The second kappa shape index (κ2) is 6.58. The van der Waals surface area contributed by atoms with E-state index in [1.54, 1.807) is 48.5 Å². The average Bonchev–Trinajstić information content (AvgIpc) is 2.54. The Balaban J connectivity index is 2.19. The molecule has 0 spiro atoms. The van der Waals surface area contributed by atoms with Crippen LogP contribution in [0.15, 0.2) is 55.1 Å². The van der Waals surface area contributed by atoms with Gasteiger partial charge in [-0.1, -0.05) is 30.8 Å². The molecule has 2 aromatic rings. The van der Waals surface area contributed by atoms with Crippen LogP contribution in [0.2, 0.25) is 0 Å². The Bertz CT molecular complexity index is 720. The monoisotopic (exact) mass is 297 g/mol. The molecule has 5 heteroatoms. The van der Waals surface area contributed by atoms with E-state index >= 15 is 0 Å². The first-order chi connectivity index (χ1) is 10.5. The van der Waals surface area contributed by atoms with Crippen LogP contribution in [0.5, 0.6) is 5.75 Å². The summed E-state index contributed by atoms with van der Waals surface area (Å²) in [7, 11) is 1.32. The maximum atomic E-state index is 11.4. The maximum absolute atomic E-state index is 11.4. The van der Waals surface area contributed by atoms with Gasteiger partial charge in [0.15, 0.2) is 0 Å². The molecule has 0 radical (unpaired) electrons. The van der Waals surface area contributed by atoms with Crippen molar-refractivity contribution in [3.8, 4) is 5.75 Å². The number of carbonyl (C=O) groups excluding carboxylic acids is 2. The quantitative estimate of drug-likeness (QED) is 0.679. The number of hydrogen-bond acceptors (Lipinski definition) is 4. The molecule has 0 saturated carbocycles. The van der Waals surface area contributed by atoms with Crippen LogP contribution in [0, 0.1) is 0 Å². The zero-order valence-corrected chi connectivity index (χ0v) is 12.0. The fourth-order valence-electron chi connectivity index (χ4n) is 1.86. The minimum atomic E-state index is -0.579. The summed E-state index contributed by atoms with van der Waals surface area (Å²) in [5.41, 5.74) is 6.67. The highest BCUT2D eigenvalue weighted by atomic mass is 16.5. The summed E-state index contributed by atoms with van der Waals surface area (Å²) in [4.78, 5) is 22.7. The molecule has 1 amide bonds. The molecule has 0 atom stereocenters. The summed E-state index contributed by atoms with van der Waals surface area (Å²) in [5, 5.41) is 0. The lowest BCUT2D eigenvalue weighted by Gasteiger charge is -2.11. The molecule has 0 aliphatic carbocycles. The molecule has 0 fully saturated rings. The summed E-state index contributed by atoms with van der Waals surface area (Å²) in [6.45, 7) is 3.82. The number of primary amides is 1. The standard InChI is InChI=1S/C17H15NO4/c1-11(12-7-9-13(10-8-12)17(20)21-2)22-15-6-4-3-5-14(15)16(18)19/h3-10H,1H2,2H3,(H2,18,19). The van der Waals surface area contributed by atoms with Gasteiger partial charge in [-0.25, -0.2) is 4.79 Å². The number of rotatable bonds is 5. The summed E-state index contributed by atoms with van der Waals surface area (Å²) in [5.74, 6) is -0.330. The van der Waals surface area contributed by atoms with Crippen molar-refractivity contribution < 1.29 is 19.1 Å². The van der Waals surface area contributed by atoms with Gasteiger partial charge in [0.2, 0.25) is 0 Å². The number of ether oxygens (including phenoxy) is 2. The summed E-state index contributed by atoms with van der Waals surface area (Å²) < 4.78 is 10.2. The SMILES string of the molecule is C=C(Oc1ccccc1C(N)=O)c1ccc(C(=O)OC)cc1. The number of para-hydroxylation sites is 1. The highest BCUT2D eigenvalue weighted by Crippen LogP contribution is 2.23. The normalized spacial score (nSPS) is 9.86. The molecule has 0 aliphatic heterocycles.